The molecule has 0 unspecified atom stereocenters. The molecule has 1 aliphatic rings. The smallest absolute Gasteiger partial charge is 0.334 e. The second kappa shape index (κ2) is 11.4. The van der Waals surface area contributed by atoms with E-state index < -0.39 is 34.6 Å². The average molecular weight is 476 g/mol. The number of anilines is 1. The summed E-state index contributed by atoms with van der Waals surface area (Å²) in [4.78, 5) is 50.4. The first-order valence-electron chi connectivity index (χ1n) is 9.49. The highest BCUT2D eigenvalue weighted by Crippen LogP contribution is 2.41. The highest BCUT2D eigenvalue weighted by Gasteiger charge is 2.35. The van der Waals surface area contributed by atoms with E-state index in [2.05, 4.69) is 4.74 Å². The fourth-order valence-corrected chi connectivity index (χ4v) is 4.42. The number of hydrogen-bond acceptors (Lipinski definition) is 8. The Hall–Kier alpha value is -2.30. The molecule has 0 aromatic carbocycles. The Balaban J connectivity index is 2.44. The Morgan fingerprint density at radius 2 is 1.74 bits per heavy atom. The number of imide groups is 1. The van der Waals surface area contributed by atoms with Crippen LogP contribution in [0.2, 0.25) is 5.02 Å². The molecule has 1 aromatic heterocycles. The lowest BCUT2D eigenvalue weighted by atomic mass is 9.90. The Labute approximate surface area is 187 Å². The van der Waals surface area contributed by atoms with Crippen LogP contribution in [-0.4, -0.2) is 51.2 Å². The molecule has 0 saturated carbocycles. The third-order valence-corrected chi connectivity index (χ3v) is 6.11. The van der Waals surface area contributed by atoms with E-state index in [1.807, 2.05) is 0 Å². The van der Waals surface area contributed by atoms with Gasteiger partial charge in [-0.15, -0.1) is 11.3 Å². The number of hydrogen-bond donors (Lipinski definition) is 0. The second-order valence-electron chi connectivity index (χ2n) is 6.67. The van der Waals surface area contributed by atoms with Gasteiger partial charge in [-0.3, -0.25) is 14.4 Å². The van der Waals surface area contributed by atoms with Gasteiger partial charge in [0.05, 0.1) is 25.2 Å². The van der Waals surface area contributed by atoms with E-state index in [1.165, 1.54) is 14.2 Å². The lowest BCUT2D eigenvalue weighted by Gasteiger charge is -2.24. The summed E-state index contributed by atoms with van der Waals surface area (Å²) in [5.41, 5.74) is -0.201. The van der Waals surface area contributed by atoms with Gasteiger partial charge in [0.15, 0.2) is 0 Å². The molecule has 1 aliphatic carbocycles. The molecule has 1 heterocycles. The minimum atomic E-state index is -0.895. The fourth-order valence-electron chi connectivity index (χ4n) is 3.13. The maximum Gasteiger partial charge on any atom is 0.334 e. The van der Waals surface area contributed by atoms with Crippen molar-refractivity contribution < 1.29 is 37.8 Å². The summed E-state index contributed by atoms with van der Waals surface area (Å²) in [6.07, 6.45) is 1.51. The number of methoxy groups -OCH3 is 2. The summed E-state index contributed by atoms with van der Waals surface area (Å²) in [5, 5.41) is -1.12. The molecule has 2 rings (SSSR count). The Morgan fingerprint density at radius 1 is 1.10 bits per heavy atom. The molecule has 0 fully saturated rings. The molecule has 8 nitrogen and oxygen atoms in total. The molecule has 170 valence electrons. The van der Waals surface area contributed by atoms with Crippen LogP contribution in [0.15, 0.2) is 11.1 Å². The monoisotopic (exact) mass is 475 g/mol. The molecule has 31 heavy (non-hydrogen) atoms. The van der Waals surface area contributed by atoms with Crippen molar-refractivity contribution in [3.63, 3.8) is 0 Å². The molecule has 0 radical (unpaired) electrons. The number of ether oxygens (including phenoxy) is 3. The highest BCUT2D eigenvalue weighted by atomic mass is 35.5. The van der Waals surface area contributed by atoms with E-state index in [4.69, 9.17) is 21.1 Å². The molecule has 0 bridgehead atoms. The predicted octanol–water partition coefficient (Wildman–Crippen LogP) is 3.20. The van der Waals surface area contributed by atoms with Gasteiger partial charge in [-0.1, -0.05) is 11.6 Å². The van der Waals surface area contributed by atoms with Crippen LogP contribution < -0.4 is 4.90 Å². The van der Waals surface area contributed by atoms with Crippen LogP contribution >= 0.6 is 22.9 Å². The van der Waals surface area contributed by atoms with Crippen LogP contribution in [0.3, 0.4) is 0 Å². The zero-order chi connectivity index (χ0) is 23.1. The lowest BCUT2D eigenvalue weighted by Crippen LogP contribution is -2.38. The van der Waals surface area contributed by atoms with Crippen LogP contribution in [0.1, 0.15) is 37.5 Å². The van der Waals surface area contributed by atoms with Crippen molar-refractivity contribution in [2.24, 2.45) is 0 Å². The van der Waals surface area contributed by atoms with Crippen LogP contribution in [0.25, 0.3) is 0 Å². The predicted molar refractivity (Wildman–Crippen MR) is 112 cm³/mol. The molecule has 2 amide bonds. The topological polar surface area (TPSA) is 99.2 Å². The van der Waals surface area contributed by atoms with Gasteiger partial charge in [-0.05, 0) is 25.7 Å². The zero-order valence-electron chi connectivity index (χ0n) is 17.4. The number of halogens is 2. The third kappa shape index (κ3) is 5.90. The number of carbonyl (C=O) groups excluding carboxylic acids is 4. The van der Waals surface area contributed by atoms with Crippen molar-refractivity contribution in [2.75, 3.05) is 32.3 Å². The van der Waals surface area contributed by atoms with Crippen molar-refractivity contribution in [3.8, 4) is 0 Å². The molecule has 0 saturated heterocycles. The number of rotatable bonds is 8. The Bertz CT molecular complexity index is 912. The minimum absolute atomic E-state index is 0.0125. The molecule has 0 atom stereocenters. The van der Waals surface area contributed by atoms with Gasteiger partial charge in [0, 0.05) is 30.1 Å². The summed E-state index contributed by atoms with van der Waals surface area (Å²) in [6, 6.07) is 0. The number of esters is 2. The van der Waals surface area contributed by atoms with Crippen molar-refractivity contribution in [3.05, 3.63) is 26.2 Å². The van der Waals surface area contributed by atoms with Crippen LogP contribution in [-0.2, 0) is 39.8 Å². The van der Waals surface area contributed by atoms with E-state index in [0.29, 0.717) is 35.5 Å². The van der Waals surface area contributed by atoms with Gasteiger partial charge in [0.1, 0.15) is 12.3 Å². The van der Waals surface area contributed by atoms with Crippen molar-refractivity contribution in [2.45, 2.75) is 39.0 Å². The molecule has 0 N–H and O–H groups in total. The fraction of sp³-hybridized carbons (Fsp3) is 0.500. The number of amides is 2. The quantitative estimate of drug-likeness (QED) is 0.420. The summed E-state index contributed by atoms with van der Waals surface area (Å²) in [5.74, 6) is -2.94. The first kappa shape index (κ1) is 25.0. The van der Waals surface area contributed by atoms with E-state index in [-0.39, 0.29) is 47.1 Å². The minimum Gasteiger partial charge on any atom is -0.469 e. The van der Waals surface area contributed by atoms with Crippen LogP contribution in [0.4, 0.5) is 10.1 Å². The van der Waals surface area contributed by atoms with E-state index in [1.54, 1.807) is 0 Å². The van der Waals surface area contributed by atoms with E-state index >= 15 is 0 Å². The molecule has 1 aromatic rings. The van der Waals surface area contributed by atoms with Gasteiger partial charge in [0.2, 0.25) is 11.0 Å². The molecular weight excluding hydrogens is 453 g/mol. The number of nitrogens with zero attached hydrogens (tertiary/aromatic N) is 1. The van der Waals surface area contributed by atoms with E-state index in [0.717, 1.165) is 6.92 Å². The lowest BCUT2D eigenvalue weighted by molar-refractivity contribution is -0.141. The first-order valence-corrected chi connectivity index (χ1v) is 10.7. The van der Waals surface area contributed by atoms with Gasteiger partial charge >= 0.3 is 11.9 Å². The van der Waals surface area contributed by atoms with Crippen LogP contribution in [0.5, 0.6) is 0 Å². The summed E-state index contributed by atoms with van der Waals surface area (Å²) < 4.78 is 29.3. The maximum atomic E-state index is 14.7. The van der Waals surface area contributed by atoms with Gasteiger partial charge in [-0.2, -0.15) is 4.39 Å². The summed E-state index contributed by atoms with van der Waals surface area (Å²) >= 11 is 6.78. The molecule has 0 spiro atoms. The molecule has 0 aliphatic heterocycles. The third-order valence-electron chi connectivity index (χ3n) is 4.62. The zero-order valence-corrected chi connectivity index (χ0v) is 19.0. The number of carbonyl (C=O) groups is 4. The second-order valence-corrected chi connectivity index (χ2v) is 8.10. The SMILES string of the molecule is COCCOC(=O)C1=C(C(=O)N(C(C)=O)c2c(F)sc(CC(=O)OC)c2Cl)CCCC1. The average Bonchev–Trinajstić information content (AvgIpc) is 3.01. The van der Waals surface area contributed by atoms with Gasteiger partial charge in [-0.25, -0.2) is 9.69 Å². The van der Waals surface area contributed by atoms with Crippen molar-refractivity contribution in [1.29, 1.82) is 0 Å². The largest absolute Gasteiger partial charge is 0.469 e. The first-order chi connectivity index (χ1) is 14.7. The van der Waals surface area contributed by atoms with Gasteiger partial charge < -0.3 is 14.2 Å². The van der Waals surface area contributed by atoms with Crippen molar-refractivity contribution in [1.82, 2.24) is 0 Å². The normalized spacial score (nSPS) is 13.7. The van der Waals surface area contributed by atoms with Gasteiger partial charge in [0.25, 0.3) is 5.91 Å². The Kier molecular flexibility index (Phi) is 9.15. The maximum absolute atomic E-state index is 14.7. The summed E-state index contributed by atoms with van der Waals surface area (Å²) in [6.45, 7) is 1.30. The van der Waals surface area contributed by atoms with E-state index in [9.17, 15) is 23.6 Å². The molecule has 11 heteroatoms. The molecular formula is C20H23ClFNO7S. The van der Waals surface area contributed by atoms with Crippen molar-refractivity contribution >= 4 is 52.4 Å². The highest BCUT2D eigenvalue weighted by molar-refractivity contribution is 7.11. The summed E-state index contributed by atoms with van der Waals surface area (Å²) in [7, 11) is 2.64. The Morgan fingerprint density at radius 3 is 2.32 bits per heavy atom. The standard InChI is InChI=1S/C20H23ClFNO7S/c1-11(24)23(17-16(21)14(31-18(17)22)10-15(25)29-3)19(26)12-6-4-5-7-13(12)20(27)30-9-8-28-2/h4-10H2,1-3H3. The van der Waals surface area contributed by atoms with Crippen LogP contribution in [0, 0.1) is 5.13 Å². The number of thiophene rings is 1.